The largest absolute Gasteiger partial charge is 0.372 e. The molecule has 2 nitrogen and oxygen atoms in total. The van der Waals surface area contributed by atoms with E-state index in [1.54, 1.807) is 11.8 Å². The van der Waals surface area contributed by atoms with Crippen LogP contribution < -0.4 is 9.80 Å². The third kappa shape index (κ3) is 4.24. The molecule has 0 atom stereocenters. The van der Waals surface area contributed by atoms with Gasteiger partial charge in [0.2, 0.25) is 0 Å². The summed E-state index contributed by atoms with van der Waals surface area (Å²) >= 11 is 7.16. The highest BCUT2D eigenvalue weighted by Crippen LogP contribution is 2.26. The van der Waals surface area contributed by atoms with E-state index < -0.39 is 0 Å². The minimum Gasteiger partial charge on any atom is -0.372 e. The molecule has 0 aromatic heterocycles. The number of thiocarbonyl (C=S) groups is 1. The molecular weight excluding hydrogens is 308 g/mol. The minimum absolute atomic E-state index is 0.849. The first-order valence-corrected chi connectivity index (χ1v) is 8.73. The predicted molar refractivity (Wildman–Crippen MR) is 103 cm³/mol. The molecule has 0 spiro atoms. The number of hydrogen-bond donors (Lipinski definition) is 0. The van der Waals surface area contributed by atoms with Crippen molar-refractivity contribution in [3.63, 3.8) is 0 Å². The molecule has 4 heteroatoms. The summed E-state index contributed by atoms with van der Waals surface area (Å²) in [4.78, 5) is 5.55. The summed E-state index contributed by atoms with van der Waals surface area (Å²) in [5, 5.41) is 0. The fraction of sp³-hybridized carbons (Fsp3) is 0.278. The first-order chi connectivity index (χ1) is 10.7. The van der Waals surface area contributed by atoms with Gasteiger partial charge in [-0.25, -0.2) is 0 Å². The second kappa shape index (κ2) is 8.20. The number of thioether (sulfide) groups is 1. The molecule has 0 heterocycles. The van der Waals surface area contributed by atoms with Crippen LogP contribution in [0.4, 0.5) is 11.4 Å². The normalized spacial score (nSPS) is 10.3. The smallest absolute Gasteiger partial charge is 0.145 e. The zero-order valence-electron chi connectivity index (χ0n) is 13.3. The molecule has 0 N–H and O–H groups in total. The van der Waals surface area contributed by atoms with E-state index in [-0.39, 0.29) is 0 Å². The fourth-order valence-corrected chi connectivity index (χ4v) is 3.37. The van der Waals surface area contributed by atoms with Gasteiger partial charge in [-0.3, -0.25) is 0 Å². The van der Waals surface area contributed by atoms with Gasteiger partial charge in [-0.15, -0.1) is 0 Å². The van der Waals surface area contributed by atoms with Crippen LogP contribution in [0.3, 0.4) is 0 Å². The lowest BCUT2D eigenvalue weighted by Crippen LogP contribution is -2.23. The van der Waals surface area contributed by atoms with Crippen molar-refractivity contribution in [1.82, 2.24) is 0 Å². The second-order valence-electron chi connectivity index (χ2n) is 4.93. The molecule has 0 saturated carbocycles. The van der Waals surface area contributed by atoms with Crippen molar-refractivity contribution in [2.24, 2.45) is 0 Å². The molecule has 0 radical (unpaired) electrons. The molecule has 2 aromatic rings. The van der Waals surface area contributed by atoms with Crippen LogP contribution in [-0.4, -0.2) is 24.5 Å². The van der Waals surface area contributed by atoms with E-state index in [4.69, 9.17) is 12.2 Å². The van der Waals surface area contributed by atoms with Gasteiger partial charge in [-0.1, -0.05) is 42.2 Å². The Labute approximate surface area is 143 Å². The van der Waals surface area contributed by atoms with E-state index in [0.29, 0.717) is 0 Å². The van der Waals surface area contributed by atoms with Crippen LogP contribution in [-0.2, 0) is 0 Å². The number of rotatable bonds is 5. The van der Waals surface area contributed by atoms with Gasteiger partial charge in [0, 0.05) is 36.4 Å². The van der Waals surface area contributed by atoms with Crippen molar-refractivity contribution in [1.29, 1.82) is 0 Å². The Bertz CT molecular complexity index is 592. The SMILES string of the molecule is CCN(CC)c1ccc(N(C)C(=S)Sc2ccccc2)cc1. The topological polar surface area (TPSA) is 6.48 Å². The van der Waals surface area contributed by atoms with Crippen LogP contribution >= 0.6 is 24.0 Å². The second-order valence-corrected chi connectivity index (χ2v) is 6.64. The molecule has 2 rings (SSSR count). The van der Waals surface area contributed by atoms with Crippen LogP contribution in [0.5, 0.6) is 0 Å². The van der Waals surface area contributed by atoms with Crippen LogP contribution in [0.15, 0.2) is 59.5 Å². The predicted octanol–water partition coefficient (Wildman–Crippen LogP) is 5.05. The van der Waals surface area contributed by atoms with E-state index in [1.807, 2.05) is 25.2 Å². The van der Waals surface area contributed by atoms with Gasteiger partial charge in [0.05, 0.1) is 0 Å². The number of benzene rings is 2. The maximum absolute atomic E-state index is 5.55. The van der Waals surface area contributed by atoms with Crippen LogP contribution in [0.2, 0.25) is 0 Å². The Morgan fingerprint density at radius 2 is 1.45 bits per heavy atom. The zero-order chi connectivity index (χ0) is 15.9. The van der Waals surface area contributed by atoms with Crippen LogP contribution in [0, 0.1) is 0 Å². The van der Waals surface area contributed by atoms with Crippen molar-refractivity contribution < 1.29 is 0 Å². The van der Waals surface area contributed by atoms with Crippen molar-refractivity contribution in [3.8, 4) is 0 Å². The van der Waals surface area contributed by atoms with Crippen molar-refractivity contribution in [2.75, 3.05) is 29.9 Å². The Balaban J connectivity index is 2.06. The quantitative estimate of drug-likeness (QED) is 0.559. The van der Waals surface area contributed by atoms with Gasteiger partial charge in [0.15, 0.2) is 0 Å². The average molecular weight is 331 g/mol. The van der Waals surface area contributed by atoms with E-state index in [1.165, 1.54) is 10.6 Å². The molecule has 0 bridgehead atoms. The van der Waals surface area contributed by atoms with Gasteiger partial charge in [0.1, 0.15) is 4.32 Å². The molecule has 0 unspecified atom stereocenters. The Morgan fingerprint density at radius 3 is 2.00 bits per heavy atom. The third-order valence-electron chi connectivity index (χ3n) is 3.59. The first kappa shape index (κ1) is 16.8. The number of hydrogen-bond acceptors (Lipinski definition) is 3. The van der Waals surface area contributed by atoms with Crippen LogP contribution in [0.1, 0.15) is 13.8 Å². The Hall–Kier alpha value is -1.52. The van der Waals surface area contributed by atoms with Crippen LogP contribution in [0.25, 0.3) is 0 Å². The fourth-order valence-electron chi connectivity index (χ4n) is 2.24. The lowest BCUT2D eigenvalue weighted by atomic mass is 10.2. The summed E-state index contributed by atoms with van der Waals surface area (Å²) in [6.07, 6.45) is 0. The van der Waals surface area contributed by atoms with E-state index in [0.717, 1.165) is 23.1 Å². The molecule has 0 fully saturated rings. The molecule has 0 aliphatic rings. The molecule has 0 amide bonds. The number of anilines is 2. The highest BCUT2D eigenvalue weighted by molar-refractivity contribution is 8.23. The van der Waals surface area contributed by atoms with Gasteiger partial charge in [-0.05, 0) is 50.2 Å². The molecule has 2 aromatic carbocycles. The summed E-state index contributed by atoms with van der Waals surface area (Å²) in [6.45, 7) is 6.40. The summed E-state index contributed by atoms with van der Waals surface area (Å²) in [5.41, 5.74) is 2.37. The van der Waals surface area contributed by atoms with Crippen molar-refractivity contribution in [2.45, 2.75) is 18.7 Å². The maximum atomic E-state index is 5.55. The van der Waals surface area contributed by atoms with Gasteiger partial charge >= 0.3 is 0 Å². The molecular formula is C18H22N2S2. The molecule has 0 aliphatic heterocycles. The van der Waals surface area contributed by atoms with Crippen molar-refractivity contribution in [3.05, 3.63) is 54.6 Å². The van der Waals surface area contributed by atoms with Crippen molar-refractivity contribution >= 4 is 39.7 Å². The van der Waals surface area contributed by atoms with E-state index in [9.17, 15) is 0 Å². The van der Waals surface area contributed by atoms with Gasteiger partial charge in [-0.2, -0.15) is 0 Å². The lowest BCUT2D eigenvalue weighted by molar-refractivity contribution is 0.866. The molecule has 22 heavy (non-hydrogen) atoms. The summed E-state index contributed by atoms with van der Waals surface area (Å²) < 4.78 is 0.849. The highest BCUT2D eigenvalue weighted by Gasteiger charge is 2.09. The summed E-state index contributed by atoms with van der Waals surface area (Å²) in [6, 6.07) is 18.8. The Morgan fingerprint density at radius 1 is 0.909 bits per heavy atom. The third-order valence-corrected chi connectivity index (χ3v) is 5.07. The monoisotopic (exact) mass is 330 g/mol. The Kier molecular flexibility index (Phi) is 6.28. The lowest BCUT2D eigenvalue weighted by Gasteiger charge is -2.23. The molecule has 0 saturated heterocycles. The van der Waals surface area contributed by atoms with E-state index in [2.05, 4.69) is 60.0 Å². The zero-order valence-corrected chi connectivity index (χ0v) is 15.0. The molecule has 116 valence electrons. The number of nitrogens with zero attached hydrogens (tertiary/aromatic N) is 2. The van der Waals surface area contributed by atoms with E-state index >= 15 is 0 Å². The summed E-state index contributed by atoms with van der Waals surface area (Å²) in [7, 11) is 2.02. The minimum atomic E-state index is 0.849. The van der Waals surface area contributed by atoms with Gasteiger partial charge < -0.3 is 9.80 Å². The first-order valence-electron chi connectivity index (χ1n) is 7.51. The maximum Gasteiger partial charge on any atom is 0.145 e. The summed E-state index contributed by atoms with van der Waals surface area (Å²) in [5.74, 6) is 0. The molecule has 0 aliphatic carbocycles. The highest BCUT2D eigenvalue weighted by atomic mass is 32.2. The van der Waals surface area contributed by atoms with Gasteiger partial charge in [0.25, 0.3) is 0 Å². The average Bonchev–Trinajstić information content (AvgIpc) is 2.57. The standard InChI is InChI=1S/C18H22N2S2/c1-4-20(5-2)16-13-11-15(12-14-16)19(3)18(21)22-17-9-7-6-8-10-17/h6-14H,4-5H2,1-3H3.